The summed E-state index contributed by atoms with van der Waals surface area (Å²) in [5, 5.41) is 10.5. The molecule has 0 saturated carbocycles. The Morgan fingerprint density at radius 1 is 1.47 bits per heavy atom. The van der Waals surface area contributed by atoms with Crippen LogP contribution in [0, 0.1) is 15.9 Å². The summed E-state index contributed by atoms with van der Waals surface area (Å²) in [7, 11) is -2.45. The number of rotatable bonds is 4. The first kappa shape index (κ1) is 13.2. The summed E-state index contributed by atoms with van der Waals surface area (Å²) in [6.07, 6.45) is 0.863. The van der Waals surface area contributed by atoms with E-state index in [-0.39, 0.29) is 11.4 Å². The Balaban J connectivity index is 3.36. The van der Waals surface area contributed by atoms with Crippen LogP contribution < -0.4 is 9.46 Å². The van der Waals surface area contributed by atoms with Crippen molar-refractivity contribution in [2.45, 2.75) is 0 Å². The van der Waals surface area contributed by atoms with E-state index in [1.165, 1.54) is 7.11 Å². The molecule has 1 aromatic carbocycles. The third-order valence-corrected chi connectivity index (χ3v) is 2.35. The van der Waals surface area contributed by atoms with Gasteiger partial charge in [0.25, 0.3) is 0 Å². The third kappa shape index (κ3) is 3.28. The zero-order chi connectivity index (χ0) is 13.2. The molecule has 0 aliphatic heterocycles. The molecule has 7 nitrogen and oxygen atoms in total. The van der Waals surface area contributed by atoms with Gasteiger partial charge in [-0.2, -0.15) is 4.39 Å². The van der Waals surface area contributed by atoms with E-state index in [2.05, 4.69) is 0 Å². The predicted octanol–water partition coefficient (Wildman–Crippen LogP) is 1.11. The minimum atomic E-state index is -3.64. The topological polar surface area (TPSA) is 98.5 Å². The van der Waals surface area contributed by atoms with Crippen LogP contribution in [0.15, 0.2) is 12.1 Å². The van der Waals surface area contributed by atoms with E-state index in [0.29, 0.717) is 0 Å². The fourth-order valence-corrected chi connectivity index (χ4v) is 1.69. The lowest BCUT2D eigenvalue weighted by Gasteiger charge is -2.09. The summed E-state index contributed by atoms with van der Waals surface area (Å²) >= 11 is 0. The molecule has 0 unspecified atom stereocenters. The van der Waals surface area contributed by atoms with E-state index in [1.54, 1.807) is 0 Å². The van der Waals surface area contributed by atoms with Crippen LogP contribution in [0.2, 0.25) is 0 Å². The molecule has 9 heteroatoms. The Bertz CT molecular complexity index is 557. The number of hydrogen-bond acceptors (Lipinski definition) is 5. The first-order chi connectivity index (χ1) is 7.74. The van der Waals surface area contributed by atoms with Gasteiger partial charge in [-0.15, -0.1) is 0 Å². The molecule has 0 aliphatic rings. The van der Waals surface area contributed by atoms with Crippen molar-refractivity contribution in [3.63, 3.8) is 0 Å². The number of nitro benzene ring substituents is 1. The molecule has 1 aromatic rings. The molecule has 0 heterocycles. The highest BCUT2D eigenvalue weighted by Gasteiger charge is 2.20. The highest BCUT2D eigenvalue weighted by Crippen LogP contribution is 2.32. The Hall–Kier alpha value is -1.90. The van der Waals surface area contributed by atoms with Crippen LogP contribution in [-0.2, 0) is 10.0 Å². The van der Waals surface area contributed by atoms with Gasteiger partial charge in [0, 0.05) is 12.1 Å². The fraction of sp³-hybridized carbons (Fsp3) is 0.250. The largest absolute Gasteiger partial charge is 0.494 e. The maximum Gasteiger partial charge on any atom is 0.307 e. The number of halogens is 1. The van der Waals surface area contributed by atoms with Crippen molar-refractivity contribution in [2.24, 2.45) is 0 Å². The number of nitrogens with one attached hydrogen (secondary N) is 1. The molecule has 0 aromatic heterocycles. The normalized spacial score (nSPS) is 11.0. The second kappa shape index (κ2) is 4.53. The summed E-state index contributed by atoms with van der Waals surface area (Å²) in [5.74, 6) is -1.25. The monoisotopic (exact) mass is 264 g/mol. The van der Waals surface area contributed by atoms with Crippen molar-refractivity contribution in [2.75, 3.05) is 18.1 Å². The molecule has 0 bridgehead atoms. The highest BCUT2D eigenvalue weighted by molar-refractivity contribution is 7.92. The van der Waals surface area contributed by atoms with Crippen molar-refractivity contribution < 1.29 is 22.5 Å². The number of sulfonamides is 1. The number of methoxy groups -OCH3 is 1. The van der Waals surface area contributed by atoms with Crippen LogP contribution in [0.5, 0.6) is 5.75 Å². The molecule has 94 valence electrons. The highest BCUT2D eigenvalue weighted by atomic mass is 32.2. The summed E-state index contributed by atoms with van der Waals surface area (Å²) in [6, 6.07) is 1.50. The lowest BCUT2D eigenvalue weighted by molar-refractivity contribution is -0.387. The van der Waals surface area contributed by atoms with Crippen molar-refractivity contribution in [1.29, 1.82) is 0 Å². The molecule has 0 radical (unpaired) electrons. The van der Waals surface area contributed by atoms with E-state index in [0.717, 1.165) is 18.4 Å². The minimum Gasteiger partial charge on any atom is -0.494 e. The van der Waals surface area contributed by atoms with Gasteiger partial charge in [0.15, 0.2) is 0 Å². The second-order valence-electron chi connectivity index (χ2n) is 3.14. The Kier molecular flexibility index (Phi) is 3.51. The van der Waals surface area contributed by atoms with Crippen molar-refractivity contribution in [3.05, 3.63) is 28.1 Å². The first-order valence-electron chi connectivity index (χ1n) is 4.24. The van der Waals surface area contributed by atoms with Crippen LogP contribution in [0.25, 0.3) is 0 Å². The zero-order valence-corrected chi connectivity index (χ0v) is 9.75. The van der Waals surface area contributed by atoms with Gasteiger partial charge in [-0.25, -0.2) is 8.42 Å². The molecule has 0 spiro atoms. The molecular formula is C8H9FN2O5S. The van der Waals surface area contributed by atoms with Crippen LogP contribution >= 0.6 is 0 Å². The molecule has 17 heavy (non-hydrogen) atoms. The van der Waals surface area contributed by atoms with E-state index in [9.17, 15) is 22.9 Å². The number of hydrogen-bond donors (Lipinski definition) is 1. The van der Waals surface area contributed by atoms with Gasteiger partial charge in [-0.3, -0.25) is 14.8 Å². The molecule has 0 amide bonds. The van der Waals surface area contributed by atoms with Gasteiger partial charge < -0.3 is 4.74 Å². The molecule has 0 fully saturated rings. The number of nitrogens with zero attached hydrogens (tertiary/aromatic N) is 1. The minimum absolute atomic E-state index is 0.140. The number of anilines is 1. The van der Waals surface area contributed by atoms with Crippen LogP contribution in [-0.4, -0.2) is 26.7 Å². The maximum absolute atomic E-state index is 13.2. The van der Waals surface area contributed by atoms with E-state index < -0.39 is 26.5 Å². The summed E-state index contributed by atoms with van der Waals surface area (Å²) in [5.41, 5.74) is -1.03. The quantitative estimate of drug-likeness (QED) is 0.648. The second-order valence-corrected chi connectivity index (χ2v) is 4.88. The Morgan fingerprint density at radius 3 is 2.47 bits per heavy atom. The van der Waals surface area contributed by atoms with Gasteiger partial charge in [-0.1, -0.05) is 0 Å². The maximum atomic E-state index is 13.2. The van der Waals surface area contributed by atoms with Gasteiger partial charge in [-0.05, 0) is 0 Å². The number of benzene rings is 1. The van der Waals surface area contributed by atoms with E-state index >= 15 is 0 Å². The summed E-state index contributed by atoms with van der Waals surface area (Å²) in [6.45, 7) is 0. The standard InChI is InChI=1S/C8H9FN2O5S/c1-16-8-3-5(9)7(11(12)13)4-6(8)10-17(2,14)15/h3-4,10H,1-2H3. The van der Waals surface area contributed by atoms with Gasteiger partial charge in [0.1, 0.15) is 5.75 Å². The number of ether oxygens (including phenoxy) is 1. The summed E-state index contributed by atoms with van der Waals surface area (Å²) in [4.78, 5) is 9.53. The first-order valence-corrected chi connectivity index (χ1v) is 6.13. The molecule has 1 rings (SSSR count). The van der Waals surface area contributed by atoms with Crippen molar-refractivity contribution in [1.82, 2.24) is 0 Å². The summed E-state index contributed by atoms with van der Waals surface area (Å²) < 4.78 is 41.9. The predicted molar refractivity (Wildman–Crippen MR) is 58.1 cm³/mol. The smallest absolute Gasteiger partial charge is 0.307 e. The van der Waals surface area contributed by atoms with Crippen molar-refractivity contribution in [3.8, 4) is 5.75 Å². The lowest BCUT2D eigenvalue weighted by atomic mass is 10.2. The van der Waals surface area contributed by atoms with E-state index in [4.69, 9.17) is 4.74 Å². The van der Waals surface area contributed by atoms with E-state index in [1.807, 2.05) is 4.72 Å². The van der Waals surface area contributed by atoms with Gasteiger partial charge in [0.2, 0.25) is 15.8 Å². The molecule has 0 atom stereocenters. The van der Waals surface area contributed by atoms with Gasteiger partial charge >= 0.3 is 5.69 Å². The fourth-order valence-electron chi connectivity index (χ4n) is 1.13. The SMILES string of the molecule is COc1cc(F)c([N+](=O)[O-])cc1NS(C)(=O)=O. The number of nitro groups is 1. The third-order valence-electron chi connectivity index (χ3n) is 1.76. The van der Waals surface area contributed by atoms with Crippen molar-refractivity contribution >= 4 is 21.4 Å². The van der Waals surface area contributed by atoms with Crippen LogP contribution in [0.3, 0.4) is 0 Å². The lowest BCUT2D eigenvalue weighted by Crippen LogP contribution is -2.11. The van der Waals surface area contributed by atoms with Gasteiger partial charge in [0.05, 0.1) is 24.0 Å². The Labute approximate surface area is 96.4 Å². The molecule has 0 aliphatic carbocycles. The molecule has 0 saturated heterocycles. The molecular weight excluding hydrogens is 255 g/mol. The van der Waals surface area contributed by atoms with Crippen LogP contribution in [0.4, 0.5) is 15.8 Å². The zero-order valence-electron chi connectivity index (χ0n) is 8.93. The Morgan fingerprint density at radius 2 is 2.06 bits per heavy atom. The average molecular weight is 264 g/mol. The van der Waals surface area contributed by atoms with Crippen LogP contribution in [0.1, 0.15) is 0 Å². The molecule has 1 N–H and O–H groups in total. The average Bonchev–Trinajstić information content (AvgIpc) is 2.17.